The molecule has 0 aromatic heterocycles. The first-order chi connectivity index (χ1) is 29.2. The summed E-state index contributed by atoms with van der Waals surface area (Å²) in [6.45, 7) is 17.9. The average molecular weight is 937 g/mol. The Morgan fingerprint density at radius 2 is 0.377 bits per heavy atom. The van der Waals surface area contributed by atoms with Crippen molar-refractivity contribution in [2.75, 3.05) is 0 Å². The Hall–Kier alpha value is -0.107. The van der Waals surface area contributed by atoms with Gasteiger partial charge in [0.1, 0.15) is 0 Å². The molecule has 61 heavy (non-hydrogen) atoms. The topological polar surface area (TPSA) is 51.2 Å². The standard InChI is InChI=1S/3C18H35O.C3H7.Zr/c3*1-18(2)16-14-12-10-8-6-4-3-5-7-9-11-13-15-17-19;1-3-2;/h3*18H,3-16H2,1-2H3;3H,1-2H3;/q4*-1;+4. The predicted molar refractivity (Wildman–Crippen MR) is 271 cm³/mol. The van der Waals surface area contributed by atoms with Gasteiger partial charge in [-0.3, -0.25) is 18.9 Å². The van der Waals surface area contributed by atoms with Gasteiger partial charge in [-0.2, -0.15) is 33.1 Å². The molecule has 0 saturated carbocycles. The van der Waals surface area contributed by atoms with Gasteiger partial charge in [-0.1, -0.05) is 292 Å². The fraction of sp³-hybridized carbons (Fsp3) is 0.930. The third-order valence-electron chi connectivity index (χ3n) is 11.4. The zero-order chi connectivity index (χ0) is 45.3. The van der Waals surface area contributed by atoms with Crippen molar-refractivity contribution in [1.29, 1.82) is 0 Å². The van der Waals surface area contributed by atoms with E-state index in [0.29, 0.717) is 19.3 Å². The molecule has 0 spiro atoms. The molecule has 0 heterocycles. The normalized spacial score (nSPS) is 10.7. The van der Waals surface area contributed by atoms with Crippen molar-refractivity contribution in [3.05, 3.63) is 6.42 Å². The molecule has 0 radical (unpaired) electrons. The third kappa shape index (κ3) is 87.5. The Morgan fingerprint density at radius 1 is 0.262 bits per heavy atom. The van der Waals surface area contributed by atoms with Gasteiger partial charge in [-0.25, -0.2) is 0 Å². The van der Waals surface area contributed by atoms with Gasteiger partial charge in [-0.05, 0) is 17.8 Å². The number of carbonyl (C=O) groups excluding carboxylic acids is 3. The molecule has 0 aliphatic rings. The van der Waals surface area contributed by atoms with Crippen molar-refractivity contribution in [2.45, 2.75) is 325 Å². The van der Waals surface area contributed by atoms with E-state index in [1.165, 1.54) is 231 Å². The van der Waals surface area contributed by atoms with Crippen molar-refractivity contribution in [2.24, 2.45) is 17.8 Å². The maximum Gasteiger partial charge on any atom is 4.00 e. The molecule has 0 unspecified atom stereocenters. The van der Waals surface area contributed by atoms with Crippen molar-refractivity contribution >= 4 is 18.9 Å². The average Bonchev–Trinajstić information content (AvgIpc) is 3.21. The van der Waals surface area contributed by atoms with Crippen LogP contribution in [0.4, 0.5) is 0 Å². The third-order valence-corrected chi connectivity index (χ3v) is 11.4. The predicted octanol–water partition coefficient (Wildman–Crippen LogP) is 19.9. The molecule has 3 nitrogen and oxygen atoms in total. The number of rotatable bonds is 45. The summed E-state index contributed by atoms with van der Waals surface area (Å²) in [4.78, 5) is 30.0. The van der Waals surface area contributed by atoms with Gasteiger partial charge < -0.3 is 20.8 Å². The second kappa shape index (κ2) is 68.9. The maximum atomic E-state index is 10.0. The minimum absolute atomic E-state index is 0. The van der Waals surface area contributed by atoms with E-state index < -0.39 is 0 Å². The van der Waals surface area contributed by atoms with Crippen molar-refractivity contribution in [1.82, 2.24) is 0 Å². The van der Waals surface area contributed by atoms with Crippen LogP contribution < -0.4 is 0 Å². The van der Waals surface area contributed by atoms with Gasteiger partial charge in [0.15, 0.2) is 0 Å². The molecule has 0 bridgehead atoms. The Labute approximate surface area is 406 Å². The van der Waals surface area contributed by atoms with Gasteiger partial charge in [-0.15, -0.1) is 0 Å². The van der Waals surface area contributed by atoms with Gasteiger partial charge in [0.05, 0.1) is 0 Å². The summed E-state index contributed by atoms with van der Waals surface area (Å²) in [5.41, 5.74) is 0. The quantitative estimate of drug-likeness (QED) is 0.0452. The zero-order valence-electron chi connectivity index (χ0n) is 43.2. The fourth-order valence-electron chi connectivity index (χ4n) is 7.55. The van der Waals surface area contributed by atoms with Crippen molar-refractivity contribution in [3.8, 4) is 0 Å². The summed E-state index contributed by atoms with van der Waals surface area (Å²) < 4.78 is 0. The number of hydrogen-bond acceptors (Lipinski definition) is 3. The summed E-state index contributed by atoms with van der Waals surface area (Å²) in [7, 11) is 0. The molecule has 0 fully saturated rings. The van der Waals surface area contributed by atoms with E-state index >= 15 is 0 Å². The molecule has 0 amide bonds. The van der Waals surface area contributed by atoms with Crippen LogP contribution in [0.2, 0.25) is 0 Å². The SMILES string of the molecule is CC(C)CCCCCCCCCCCCCC[C-]=O.CC(C)CCCCCCCCCCCCCC[C-]=O.CC(C)CCCCCCCCCCCCCC[C-]=O.C[CH-]C.[Zr+4]. The first kappa shape index (κ1) is 69.9. The van der Waals surface area contributed by atoms with Gasteiger partial charge in [0.2, 0.25) is 0 Å². The molecule has 4 heteroatoms. The molecule has 0 saturated heterocycles. The molecular weight excluding hydrogens is 824 g/mol. The second-order valence-electron chi connectivity index (χ2n) is 19.5. The summed E-state index contributed by atoms with van der Waals surface area (Å²) in [5, 5.41) is 0. The van der Waals surface area contributed by atoms with Gasteiger partial charge >= 0.3 is 26.2 Å². The minimum atomic E-state index is 0. The van der Waals surface area contributed by atoms with Gasteiger partial charge in [0, 0.05) is 0 Å². The van der Waals surface area contributed by atoms with E-state index in [-0.39, 0.29) is 26.2 Å². The van der Waals surface area contributed by atoms with Crippen LogP contribution in [0.3, 0.4) is 0 Å². The summed E-state index contributed by atoms with van der Waals surface area (Å²) in [5.74, 6) is 2.64. The molecule has 0 aromatic carbocycles. The minimum Gasteiger partial charge on any atom is -0.542 e. The van der Waals surface area contributed by atoms with E-state index in [0.717, 1.165) is 37.0 Å². The molecule has 0 rings (SSSR count). The summed E-state index contributed by atoms with van der Waals surface area (Å²) in [6, 6.07) is 0. The van der Waals surface area contributed by atoms with E-state index in [4.69, 9.17) is 0 Å². The van der Waals surface area contributed by atoms with Crippen LogP contribution >= 0.6 is 0 Å². The van der Waals surface area contributed by atoms with Crippen LogP contribution in [-0.4, -0.2) is 18.9 Å². The summed E-state index contributed by atoms with van der Waals surface area (Å²) >= 11 is 0. The molecule has 0 atom stereocenters. The van der Waals surface area contributed by atoms with Gasteiger partial charge in [0.25, 0.3) is 0 Å². The zero-order valence-corrected chi connectivity index (χ0v) is 45.7. The van der Waals surface area contributed by atoms with Crippen LogP contribution in [0.25, 0.3) is 0 Å². The van der Waals surface area contributed by atoms with E-state index in [1.807, 2.05) is 39.1 Å². The monoisotopic (exact) mass is 935 g/mol. The molecule has 0 aliphatic heterocycles. The molecule has 0 aromatic rings. The first-order valence-electron chi connectivity index (χ1n) is 27.0. The molecule has 0 N–H and O–H groups in total. The Balaban J connectivity index is -0.000000246. The Kier molecular flexibility index (Phi) is 79.0. The molecule has 0 aliphatic carbocycles. The number of unbranched alkanes of at least 4 members (excludes halogenated alkanes) is 36. The largest absolute Gasteiger partial charge is 4.00 e. The van der Waals surface area contributed by atoms with Crippen molar-refractivity contribution in [3.63, 3.8) is 0 Å². The fourth-order valence-corrected chi connectivity index (χ4v) is 7.55. The molecular formula is C57H112O3Zr. The van der Waals surface area contributed by atoms with Crippen LogP contribution in [0.1, 0.15) is 325 Å². The molecule has 362 valence electrons. The number of hydrogen-bond donors (Lipinski definition) is 0. The van der Waals surface area contributed by atoms with Crippen LogP contribution in [0, 0.1) is 24.2 Å². The Bertz CT molecular complexity index is 641. The second-order valence-corrected chi connectivity index (χ2v) is 19.5. The van der Waals surface area contributed by atoms with Crippen LogP contribution in [0.5, 0.6) is 0 Å². The van der Waals surface area contributed by atoms with Crippen LogP contribution in [-0.2, 0) is 40.6 Å². The van der Waals surface area contributed by atoms with E-state index in [9.17, 15) is 14.4 Å². The van der Waals surface area contributed by atoms with E-state index in [1.54, 1.807) is 0 Å². The first-order valence-corrected chi connectivity index (χ1v) is 27.0. The Morgan fingerprint density at radius 3 is 0.492 bits per heavy atom. The summed E-state index contributed by atoms with van der Waals surface area (Å²) in [6.07, 6.45) is 62.9. The van der Waals surface area contributed by atoms with Crippen LogP contribution in [0.15, 0.2) is 0 Å². The van der Waals surface area contributed by atoms with Crippen molar-refractivity contribution < 1.29 is 40.6 Å². The maximum absolute atomic E-state index is 10.0. The smallest absolute Gasteiger partial charge is 0.542 e. The van der Waals surface area contributed by atoms with E-state index in [2.05, 4.69) is 41.5 Å².